The zero-order valence-corrected chi connectivity index (χ0v) is 13.7. The van der Waals surface area contributed by atoms with Gasteiger partial charge < -0.3 is 9.47 Å². The number of carbonyl (C=O) groups excluding carboxylic acids is 1. The Balaban J connectivity index is 1.51. The summed E-state index contributed by atoms with van der Waals surface area (Å²) >= 11 is 1.33. The fourth-order valence-corrected chi connectivity index (χ4v) is 3.46. The van der Waals surface area contributed by atoms with Crippen LogP contribution >= 0.6 is 11.3 Å². The minimum absolute atomic E-state index is 0.0412. The van der Waals surface area contributed by atoms with Gasteiger partial charge in [0.05, 0.1) is 6.61 Å². The summed E-state index contributed by atoms with van der Waals surface area (Å²) in [5.41, 5.74) is 0. The normalized spacial score (nSPS) is 19.9. The lowest BCUT2D eigenvalue weighted by atomic mass is 10.2. The summed E-state index contributed by atoms with van der Waals surface area (Å²) in [5, 5.41) is 0. The Morgan fingerprint density at radius 1 is 1.59 bits per heavy atom. The van der Waals surface area contributed by atoms with Gasteiger partial charge in [0.2, 0.25) is 0 Å². The number of imidazole rings is 1. The van der Waals surface area contributed by atoms with Crippen molar-refractivity contribution in [2.45, 2.75) is 20.0 Å². The summed E-state index contributed by atoms with van der Waals surface area (Å²) in [5.74, 6) is 0.323. The molecule has 6 nitrogen and oxygen atoms in total. The van der Waals surface area contributed by atoms with Crippen LogP contribution in [0.15, 0.2) is 18.6 Å². The highest BCUT2D eigenvalue weighted by Gasteiger charge is 2.23. The maximum atomic E-state index is 12.1. The van der Waals surface area contributed by atoms with Crippen LogP contribution in [0.1, 0.15) is 23.5 Å². The highest BCUT2D eigenvalue weighted by molar-refractivity contribution is 7.18. The van der Waals surface area contributed by atoms with Gasteiger partial charge in [-0.1, -0.05) is 25.2 Å². The summed E-state index contributed by atoms with van der Waals surface area (Å²) < 4.78 is 12.9. The number of carbonyl (C=O) groups is 1. The molecule has 1 atom stereocenters. The molecule has 0 radical (unpaired) electrons. The zero-order valence-electron chi connectivity index (χ0n) is 12.9. The van der Waals surface area contributed by atoms with Gasteiger partial charge in [-0.3, -0.25) is 9.30 Å². The Hall–Kier alpha value is -1.44. The zero-order chi connectivity index (χ0) is 15.5. The fraction of sp³-hybridized carbons (Fsp3) is 0.600. The Labute approximate surface area is 133 Å². The van der Waals surface area contributed by atoms with E-state index in [1.54, 1.807) is 12.4 Å². The molecule has 3 heterocycles. The van der Waals surface area contributed by atoms with Crippen LogP contribution in [0.25, 0.3) is 4.96 Å². The Morgan fingerprint density at radius 3 is 3.23 bits per heavy atom. The molecule has 0 bridgehead atoms. The number of ether oxygens (including phenoxy) is 2. The summed E-state index contributed by atoms with van der Waals surface area (Å²) in [6.07, 6.45) is 5.24. The van der Waals surface area contributed by atoms with Gasteiger partial charge in [0.1, 0.15) is 17.6 Å². The average Bonchev–Trinajstić information content (AvgIpc) is 3.05. The van der Waals surface area contributed by atoms with E-state index >= 15 is 0 Å². The SMILES string of the molecule is CC(C)CN1CCO[C@@H](COC(=O)c2cn3ccnc3s2)C1. The van der Waals surface area contributed by atoms with Gasteiger partial charge in [-0.15, -0.1) is 0 Å². The molecule has 3 rings (SSSR count). The van der Waals surface area contributed by atoms with Crippen molar-refractivity contribution in [3.05, 3.63) is 23.5 Å². The summed E-state index contributed by atoms with van der Waals surface area (Å²) in [6.45, 7) is 8.23. The molecule has 1 fully saturated rings. The van der Waals surface area contributed by atoms with Crippen LogP contribution in [0.2, 0.25) is 0 Å². The highest BCUT2D eigenvalue weighted by Crippen LogP contribution is 2.17. The first-order valence-electron chi connectivity index (χ1n) is 7.55. The van der Waals surface area contributed by atoms with E-state index in [-0.39, 0.29) is 12.1 Å². The van der Waals surface area contributed by atoms with Crippen molar-refractivity contribution in [3.8, 4) is 0 Å². The van der Waals surface area contributed by atoms with Crippen LogP contribution in [0.4, 0.5) is 0 Å². The molecule has 0 unspecified atom stereocenters. The number of rotatable bonds is 5. The van der Waals surface area contributed by atoms with E-state index in [4.69, 9.17) is 9.47 Å². The van der Waals surface area contributed by atoms with Crippen molar-refractivity contribution in [1.29, 1.82) is 0 Å². The van der Waals surface area contributed by atoms with E-state index in [2.05, 4.69) is 23.7 Å². The molecule has 22 heavy (non-hydrogen) atoms. The lowest BCUT2D eigenvalue weighted by Gasteiger charge is -2.33. The standard InChI is InChI=1S/C15H21N3O3S/c1-11(2)7-17-5-6-20-12(8-17)10-21-14(19)13-9-18-4-3-16-15(18)22-13/h3-4,9,11-12H,5-8,10H2,1-2H3/t12-/m1/s1. The van der Waals surface area contributed by atoms with Gasteiger partial charge >= 0.3 is 5.97 Å². The molecule has 1 aliphatic rings. The van der Waals surface area contributed by atoms with Gasteiger partial charge in [-0.2, -0.15) is 0 Å². The van der Waals surface area contributed by atoms with E-state index in [9.17, 15) is 4.79 Å². The number of nitrogens with zero attached hydrogens (tertiary/aromatic N) is 3. The molecule has 0 N–H and O–H groups in total. The number of aromatic nitrogens is 2. The smallest absolute Gasteiger partial charge is 0.350 e. The van der Waals surface area contributed by atoms with Crippen molar-refractivity contribution in [2.75, 3.05) is 32.8 Å². The Kier molecular flexibility index (Phi) is 4.75. The quantitative estimate of drug-likeness (QED) is 0.787. The Morgan fingerprint density at radius 2 is 2.45 bits per heavy atom. The van der Waals surface area contributed by atoms with E-state index in [0.717, 1.165) is 24.6 Å². The third-order valence-corrected chi connectivity index (χ3v) is 4.53. The number of esters is 1. The molecule has 2 aromatic rings. The fourth-order valence-electron chi connectivity index (χ4n) is 2.63. The second kappa shape index (κ2) is 6.76. The van der Waals surface area contributed by atoms with Crippen molar-refractivity contribution < 1.29 is 14.3 Å². The molecule has 1 saturated heterocycles. The van der Waals surface area contributed by atoms with Crippen LogP contribution < -0.4 is 0 Å². The summed E-state index contributed by atoms with van der Waals surface area (Å²) in [7, 11) is 0. The van der Waals surface area contributed by atoms with Crippen LogP contribution in [0, 0.1) is 5.92 Å². The third-order valence-electron chi connectivity index (χ3n) is 3.54. The number of morpholine rings is 1. The molecular formula is C15H21N3O3S. The topological polar surface area (TPSA) is 56.1 Å². The first kappa shape index (κ1) is 15.5. The van der Waals surface area contributed by atoms with Crippen LogP contribution in [-0.2, 0) is 9.47 Å². The molecule has 0 spiro atoms. The van der Waals surface area contributed by atoms with Crippen molar-refractivity contribution >= 4 is 22.3 Å². The average molecular weight is 323 g/mol. The monoisotopic (exact) mass is 323 g/mol. The molecular weight excluding hydrogens is 302 g/mol. The number of hydrogen-bond acceptors (Lipinski definition) is 6. The van der Waals surface area contributed by atoms with Gasteiger partial charge in [-0.05, 0) is 5.92 Å². The van der Waals surface area contributed by atoms with Gasteiger partial charge in [-0.25, -0.2) is 9.78 Å². The molecule has 0 saturated carbocycles. The van der Waals surface area contributed by atoms with Gasteiger partial charge in [0, 0.05) is 38.2 Å². The van der Waals surface area contributed by atoms with Crippen molar-refractivity contribution in [1.82, 2.24) is 14.3 Å². The number of thiazole rings is 1. The van der Waals surface area contributed by atoms with E-state index in [1.807, 2.05) is 10.6 Å². The van der Waals surface area contributed by atoms with Crippen LogP contribution in [0.3, 0.4) is 0 Å². The summed E-state index contributed by atoms with van der Waals surface area (Å²) in [6, 6.07) is 0. The minimum Gasteiger partial charge on any atom is -0.459 e. The predicted molar refractivity (Wildman–Crippen MR) is 84.4 cm³/mol. The van der Waals surface area contributed by atoms with Crippen LogP contribution in [-0.4, -0.2) is 59.2 Å². The summed E-state index contributed by atoms with van der Waals surface area (Å²) in [4.78, 5) is 20.0. The second-order valence-electron chi connectivity index (χ2n) is 5.96. The first-order chi connectivity index (χ1) is 10.6. The lowest BCUT2D eigenvalue weighted by molar-refractivity contribution is -0.0611. The molecule has 7 heteroatoms. The second-order valence-corrected chi connectivity index (χ2v) is 6.97. The highest BCUT2D eigenvalue weighted by atomic mass is 32.1. The first-order valence-corrected chi connectivity index (χ1v) is 8.37. The van der Waals surface area contributed by atoms with E-state index in [1.165, 1.54) is 11.3 Å². The number of hydrogen-bond donors (Lipinski definition) is 0. The molecule has 1 aliphatic heterocycles. The third kappa shape index (κ3) is 3.66. The largest absolute Gasteiger partial charge is 0.459 e. The predicted octanol–water partition coefficient (Wildman–Crippen LogP) is 1.91. The number of fused-ring (bicyclic) bond motifs is 1. The molecule has 0 amide bonds. The van der Waals surface area contributed by atoms with E-state index in [0.29, 0.717) is 24.0 Å². The van der Waals surface area contributed by atoms with Crippen molar-refractivity contribution in [3.63, 3.8) is 0 Å². The Bertz CT molecular complexity index is 608. The molecule has 0 aromatic carbocycles. The minimum atomic E-state index is -0.305. The maximum absolute atomic E-state index is 12.1. The molecule has 120 valence electrons. The van der Waals surface area contributed by atoms with Crippen LogP contribution in [0.5, 0.6) is 0 Å². The molecule has 0 aliphatic carbocycles. The molecule has 2 aromatic heterocycles. The van der Waals surface area contributed by atoms with Crippen molar-refractivity contribution in [2.24, 2.45) is 5.92 Å². The maximum Gasteiger partial charge on any atom is 0.350 e. The van der Waals surface area contributed by atoms with E-state index < -0.39 is 0 Å². The van der Waals surface area contributed by atoms with Gasteiger partial charge in [0.25, 0.3) is 0 Å². The lowest BCUT2D eigenvalue weighted by Crippen LogP contribution is -2.45. The van der Waals surface area contributed by atoms with Gasteiger partial charge in [0.15, 0.2) is 4.96 Å².